The predicted molar refractivity (Wildman–Crippen MR) is 73.9 cm³/mol. The van der Waals surface area contributed by atoms with E-state index in [2.05, 4.69) is 30.0 Å². The fraction of sp³-hybridized carbons (Fsp3) is 0.467. The number of benzene rings is 1. The molecule has 1 aromatic carbocycles. The Morgan fingerprint density at radius 3 is 2.56 bits per heavy atom. The SMILES string of the molecule is COc1ccc(/C(C)=C/CN2CCOCC2)cc1. The molecule has 1 saturated heterocycles. The Kier molecular flexibility index (Phi) is 4.79. The highest BCUT2D eigenvalue weighted by Gasteiger charge is 2.08. The number of allylic oxidation sites excluding steroid dienone is 1. The lowest BCUT2D eigenvalue weighted by molar-refractivity contribution is 0.0435. The van der Waals surface area contributed by atoms with Crippen LogP contribution in [0.25, 0.3) is 5.57 Å². The number of nitrogens with zero attached hydrogens (tertiary/aromatic N) is 1. The molecule has 18 heavy (non-hydrogen) atoms. The van der Waals surface area contributed by atoms with E-state index in [1.807, 2.05) is 12.1 Å². The number of hydrogen-bond donors (Lipinski definition) is 0. The monoisotopic (exact) mass is 247 g/mol. The van der Waals surface area contributed by atoms with Gasteiger partial charge in [-0.1, -0.05) is 18.2 Å². The first-order chi connectivity index (χ1) is 8.79. The molecule has 0 atom stereocenters. The number of hydrogen-bond acceptors (Lipinski definition) is 3. The second kappa shape index (κ2) is 6.57. The minimum absolute atomic E-state index is 0.857. The third kappa shape index (κ3) is 3.59. The Labute approximate surface area is 109 Å². The molecule has 0 bridgehead atoms. The number of rotatable bonds is 4. The molecule has 0 amide bonds. The molecule has 3 heteroatoms. The Bertz CT molecular complexity index is 391. The summed E-state index contributed by atoms with van der Waals surface area (Å²) in [6.07, 6.45) is 2.28. The van der Waals surface area contributed by atoms with Crippen LogP contribution >= 0.6 is 0 Å². The summed E-state index contributed by atoms with van der Waals surface area (Å²) in [7, 11) is 1.69. The molecule has 0 aromatic heterocycles. The van der Waals surface area contributed by atoms with Crippen molar-refractivity contribution in [3.05, 3.63) is 35.9 Å². The van der Waals surface area contributed by atoms with E-state index in [-0.39, 0.29) is 0 Å². The quantitative estimate of drug-likeness (QED) is 0.815. The molecule has 0 unspecified atom stereocenters. The summed E-state index contributed by atoms with van der Waals surface area (Å²) in [6.45, 7) is 6.94. The van der Waals surface area contributed by atoms with Crippen LogP contribution in [0.2, 0.25) is 0 Å². The van der Waals surface area contributed by atoms with Crippen molar-refractivity contribution in [3.8, 4) is 5.75 Å². The highest BCUT2D eigenvalue weighted by molar-refractivity contribution is 5.64. The smallest absolute Gasteiger partial charge is 0.118 e. The van der Waals surface area contributed by atoms with E-state index in [0.29, 0.717) is 0 Å². The minimum atomic E-state index is 0.857. The first kappa shape index (κ1) is 13.1. The van der Waals surface area contributed by atoms with E-state index in [1.165, 1.54) is 11.1 Å². The van der Waals surface area contributed by atoms with E-state index < -0.39 is 0 Å². The second-order valence-electron chi connectivity index (χ2n) is 4.53. The summed E-state index contributed by atoms with van der Waals surface area (Å²) in [6, 6.07) is 8.21. The standard InChI is InChI=1S/C15H21NO2/c1-13(7-8-16-9-11-18-12-10-16)14-3-5-15(17-2)6-4-14/h3-7H,8-12H2,1-2H3/b13-7+. The number of morpholine rings is 1. The van der Waals surface area contributed by atoms with Crippen LogP contribution in [0.4, 0.5) is 0 Å². The van der Waals surface area contributed by atoms with Gasteiger partial charge in [-0.15, -0.1) is 0 Å². The zero-order valence-corrected chi connectivity index (χ0v) is 11.2. The van der Waals surface area contributed by atoms with Gasteiger partial charge in [-0.2, -0.15) is 0 Å². The van der Waals surface area contributed by atoms with Crippen molar-refractivity contribution in [2.45, 2.75) is 6.92 Å². The summed E-state index contributed by atoms with van der Waals surface area (Å²) in [5.74, 6) is 0.903. The third-order valence-corrected chi connectivity index (χ3v) is 3.30. The zero-order valence-electron chi connectivity index (χ0n) is 11.2. The van der Waals surface area contributed by atoms with E-state index in [4.69, 9.17) is 9.47 Å². The molecule has 98 valence electrons. The van der Waals surface area contributed by atoms with Gasteiger partial charge in [0, 0.05) is 19.6 Å². The summed E-state index contributed by atoms with van der Waals surface area (Å²) in [4.78, 5) is 2.41. The van der Waals surface area contributed by atoms with Crippen LogP contribution in [0.15, 0.2) is 30.3 Å². The lowest BCUT2D eigenvalue weighted by Gasteiger charge is -2.25. The number of ether oxygens (including phenoxy) is 2. The molecule has 2 rings (SSSR count). The summed E-state index contributed by atoms with van der Waals surface area (Å²) < 4.78 is 10.5. The first-order valence-corrected chi connectivity index (χ1v) is 6.41. The fourth-order valence-electron chi connectivity index (χ4n) is 2.02. The summed E-state index contributed by atoms with van der Waals surface area (Å²) >= 11 is 0. The zero-order chi connectivity index (χ0) is 12.8. The second-order valence-corrected chi connectivity index (χ2v) is 4.53. The van der Waals surface area contributed by atoms with Crippen molar-refractivity contribution < 1.29 is 9.47 Å². The molecule has 0 aliphatic carbocycles. The average Bonchev–Trinajstić information content (AvgIpc) is 2.46. The van der Waals surface area contributed by atoms with Crippen molar-refractivity contribution in [2.24, 2.45) is 0 Å². The molecule has 0 radical (unpaired) electrons. The Balaban J connectivity index is 1.93. The summed E-state index contributed by atoms with van der Waals surface area (Å²) in [5.41, 5.74) is 2.56. The molecule has 1 fully saturated rings. The maximum Gasteiger partial charge on any atom is 0.118 e. The highest BCUT2D eigenvalue weighted by Crippen LogP contribution is 2.18. The van der Waals surface area contributed by atoms with Crippen molar-refractivity contribution in [1.82, 2.24) is 4.90 Å². The Hall–Kier alpha value is -1.32. The maximum atomic E-state index is 5.34. The van der Waals surface area contributed by atoms with E-state index in [1.54, 1.807) is 7.11 Å². The van der Waals surface area contributed by atoms with Crippen molar-refractivity contribution in [1.29, 1.82) is 0 Å². The minimum Gasteiger partial charge on any atom is -0.497 e. The van der Waals surface area contributed by atoms with E-state index in [0.717, 1.165) is 38.6 Å². The normalized spacial score (nSPS) is 17.8. The van der Waals surface area contributed by atoms with Gasteiger partial charge in [0.1, 0.15) is 5.75 Å². The van der Waals surface area contributed by atoms with Gasteiger partial charge in [0.2, 0.25) is 0 Å². The van der Waals surface area contributed by atoms with Gasteiger partial charge < -0.3 is 9.47 Å². The molecule has 1 aliphatic heterocycles. The molecule has 3 nitrogen and oxygen atoms in total. The van der Waals surface area contributed by atoms with Crippen LogP contribution in [-0.4, -0.2) is 44.9 Å². The molecular formula is C15H21NO2. The largest absolute Gasteiger partial charge is 0.497 e. The van der Waals surface area contributed by atoms with Gasteiger partial charge in [-0.25, -0.2) is 0 Å². The summed E-state index contributed by atoms with van der Waals surface area (Å²) in [5, 5.41) is 0. The third-order valence-electron chi connectivity index (χ3n) is 3.30. The Morgan fingerprint density at radius 1 is 1.28 bits per heavy atom. The molecule has 0 saturated carbocycles. The van der Waals surface area contributed by atoms with E-state index in [9.17, 15) is 0 Å². The van der Waals surface area contributed by atoms with Gasteiger partial charge in [-0.05, 0) is 30.2 Å². The molecule has 1 aliphatic rings. The molecule has 0 spiro atoms. The lowest BCUT2D eigenvalue weighted by Crippen LogP contribution is -2.36. The predicted octanol–water partition coefficient (Wildman–Crippen LogP) is 2.43. The van der Waals surface area contributed by atoms with Gasteiger partial charge in [0.05, 0.1) is 20.3 Å². The van der Waals surface area contributed by atoms with Crippen molar-refractivity contribution >= 4 is 5.57 Å². The topological polar surface area (TPSA) is 21.7 Å². The van der Waals surface area contributed by atoms with Gasteiger partial charge in [-0.3, -0.25) is 4.90 Å². The highest BCUT2D eigenvalue weighted by atomic mass is 16.5. The first-order valence-electron chi connectivity index (χ1n) is 6.41. The average molecular weight is 247 g/mol. The van der Waals surface area contributed by atoms with Crippen LogP contribution in [-0.2, 0) is 4.74 Å². The number of methoxy groups -OCH3 is 1. The van der Waals surface area contributed by atoms with Gasteiger partial charge in [0.25, 0.3) is 0 Å². The lowest BCUT2D eigenvalue weighted by atomic mass is 10.1. The Morgan fingerprint density at radius 2 is 1.94 bits per heavy atom. The van der Waals surface area contributed by atoms with Gasteiger partial charge in [0.15, 0.2) is 0 Å². The van der Waals surface area contributed by atoms with Crippen LogP contribution in [0.3, 0.4) is 0 Å². The molecule has 1 aromatic rings. The van der Waals surface area contributed by atoms with Crippen LogP contribution in [0.5, 0.6) is 5.75 Å². The van der Waals surface area contributed by atoms with Crippen LogP contribution < -0.4 is 4.74 Å². The van der Waals surface area contributed by atoms with E-state index >= 15 is 0 Å². The molecule has 0 N–H and O–H groups in total. The van der Waals surface area contributed by atoms with Gasteiger partial charge >= 0.3 is 0 Å². The van der Waals surface area contributed by atoms with Crippen LogP contribution in [0.1, 0.15) is 12.5 Å². The molecular weight excluding hydrogens is 226 g/mol. The maximum absolute atomic E-state index is 5.34. The fourth-order valence-corrected chi connectivity index (χ4v) is 2.02. The van der Waals surface area contributed by atoms with Crippen molar-refractivity contribution in [3.63, 3.8) is 0 Å². The van der Waals surface area contributed by atoms with Crippen molar-refractivity contribution in [2.75, 3.05) is 40.0 Å². The molecule has 1 heterocycles. The van der Waals surface area contributed by atoms with Crippen LogP contribution in [0, 0.1) is 0 Å².